The zero-order valence-electron chi connectivity index (χ0n) is 12.8. The average Bonchev–Trinajstić information content (AvgIpc) is 2.52. The van der Waals surface area contributed by atoms with E-state index in [1.165, 1.54) is 0 Å². The van der Waals surface area contributed by atoms with Crippen LogP contribution in [0.3, 0.4) is 0 Å². The van der Waals surface area contributed by atoms with E-state index in [-0.39, 0.29) is 5.91 Å². The molecule has 0 radical (unpaired) electrons. The minimum Gasteiger partial charge on any atom is -0.363 e. The van der Waals surface area contributed by atoms with Gasteiger partial charge >= 0.3 is 0 Å². The molecule has 0 atom stereocenters. The summed E-state index contributed by atoms with van der Waals surface area (Å²) >= 11 is 3.50. The van der Waals surface area contributed by atoms with Crippen molar-refractivity contribution < 1.29 is 4.79 Å². The van der Waals surface area contributed by atoms with E-state index in [1.54, 1.807) is 6.20 Å². The number of nitrogens with one attached hydrogen (secondary N) is 1. The number of carbonyl (C=O) groups is 1. The van der Waals surface area contributed by atoms with Gasteiger partial charge in [0.2, 0.25) is 5.91 Å². The number of amides is 1. The van der Waals surface area contributed by atoms with Crippen LogP contribution in [0, 0.1) is 0 Å². The number of benzene rings is 1. The molecule has 0 aliphatic heterocycles. The van der Waals surface area contributed by atoms with E-state index in [9.17, 15) is 4.79 Å². The van der Waals surface area contributed by atoms with Crippen LogP contribution in [0.1, 0.15) is 17.5 Å². The summed E-state index contributed by atoms with van der Waals surface area (Å²) < 4.78 is 1.05. The van der Waals surface area contributed by atoms with Crippen LogP contribution in [0.25, 0.3) is 0 Å². The van der Waals surface area contributed by atoms with Gasteiger partial charge in [0.25, 0.3) is 0 Å². The van der Waals surface area contributed by atoms with Gasteiger partial charge < -0.3 is 10.2 Å². The fourth-order valence-electron chi connectivity index (χ4n) is 2.02. The number of pyridine rings is 1. The Hall–Kier alpha value is -1.88. The lowest BCUT2D eigenvalue weighted by Crippen LogP contribution is -2.23. The fourth-order valence-corrected chi connectivity index (χ4v) is 2.51. The molecule has 2 rings (SSSR count). The van der Waals surface area contributed by atoms with Crippen LogP contribution >= 0.6 is 15.9 Å². The number of anilines is 1. The highest BCUT2D eigenvalue weighted by molar-refractivity contribution is 9.10. The van der Waals surface area contributed by atoms with Crippen LogP contribution < -0.4 is 10.2 Å². The molecular weight excluding hydrogens is 342 g/mol. The number of aromatic nitrogens is 1. The SMILES string of the molecule is CN(C)c1ccc(CNC(=O)CCc2ccccc2Br)cn1. The summed E-state index contributed by atoms with van der Waals surface area (Å²) in [6.07, 6.45) is 3.00. The summed E-state index contributed by atoms with van der Waals surface area (Å²) in [6, 6.07) is 11.9. The third-order valence-corrected chi connectivity index (χ3v) is 4.11. The Morgan fingerprint density at radius 2 is 2.00 bits per heavy atom. The first-order chi connectivity index (χ1) is 10.6. The van der Waals surface area contributed by atoms with Crippen molar-refractivity contribution in [3.63, 3.8) is 0 Å². The number of carbonyl (C=O) groups excluding carboxylic acids is 1. The second kappa shape index (κ2) is 7.94. The van der Waals surface area contributed by atoms with Gasteiger partial charge in [0.15, 0.2) is 0 Å². The molecule has 22 heavy (non-hydrogen) atoms. The summed E-state index contributed by atoms with van der Waals surface area (Å²) in [7, 11) is 3.90. The molecule has 1 N–H and O–H groups in total. The normalized spacial score (nSPS) is 10.3. The average molecular weight is 362 g/mol. The molecule has 1 amide bonds. The lowest BCUT2D eigenvalue weighted by Gasteiger charge is -2.11. The van der Waals surface area contributed by atoms with Gasteiger partial charge in [-0.1, -0.05) is 40.2 Å². The topological polar surface area (TPSA) is 45.2 Å². The van der Waals surface area contributed by atoms with Gasteiger partial charge in [-0.2, -0.15) is 0 Å². The van der Waals surface area contributed by atoms with Crippen LogP contribution in [-0.2, 0) is 17.8 Å². The first kappa shape index (κ1) is 16.5. The van der Waals surface area contributed by atoms with E-state index in [1.807, 2.05) is 55.4 Å². The molecule has 4 nitrogen and oxygen atoms in total. The first-order valence-electron chi connectivity index (χ1n) is 7.18. The Kier molecular flexibility index (Phi) is 5.95. The highest BCUT2D eigenvalue weighted by atomic mass is 79.9. The van der Waals surface area contributed by atoms with Crippen LogP contribution in [0.5, 0.6) is 0 Å². The number of hydrogen-bond acceptors (Lipinski definition) is 3. The third kappa shape index (κ3) is 4.84. The maximum Gasteiger partial charge on any atom is 0.220 e. The standard InChI is InChI=1S/C17H20BrN3O/c1-21(2)16-9-7-13(11-19-16)12-20-17(22)10-8-14-5-3-4-6-15(14)18/h3-7,9,11H,8,10,12H2,1-2H3,(H,20,22). The van der Waals surface area contributed by atoms with E-state index < -0.39 is 0 Å². The highest BCUT2D eigenvalue weighted by Crippen LogP contribution is 2.17. The van der Waals surface area contributed by atoms with E-state index in [0.29, 0.717) is 13.0 Å². The summed E-state index contributed by atoms with van der Waals surface area (Å²) in [5.41, 5.74) is 2.15. The van der Waals surface area contributed by atoms with Crippen LogP contribution in [0.15, 0.2) is 47.1 Å². The second-order valence-electron chi connectivity index (χ2n) is 5.29. The van der Waals surface area contributed by atoms with Gasteiger partial charge in [-0.15, -0.1) is 0 Å². The second-order valence-corrected chi connectivity index (χ2v) is 6.14. The maximum atomic E-state index is 11.9. The molecular formula is C17H20BrN3O. The van der Waals surface area contributed by atoms with Crippen LogP contribution in [0.4, 0.5) is 5.82 Å². The summed E-state index contributed by atoms with van der Waals surface area (Å²) in [5.74, 6) is 0.955. The number of halogens is 1. The van der Waals surface area contributed by atoms with Crippen LogP contribution in [-0.4, -0.2) is 25.0 Å². The van der Waals surface area contributed by atoms with Gasteiger partial charge in [-0.05, 0) is 29.7 Å². The van der Waals surface area contributed by atoms with Crippen LogP contribution in [0.2, 0.25) is 0 Å². The van der Waals surface area contributed by atoms with Crippen molar-refractivity contribution in [1.82, 2.24) is 10.3 Å². The molecule has 116 valence electrons. The molecule has 5 heteroatoms. The van der Waals surface area contributed by atoms with E-state index in [2.05, 4.69) is 26.2 Å². The Morgan fingerprint density at radius 3 is 2.64 bits per heavy atom. The van der Waals surface area contributed by atoms with Gasteiger partial charge in [0.1, 0.15) is 5.82 Å². The van der Waals surface area contributed by atoms with Gasteiger partial charge in [-0.3, -0.25) is 4.79 Å². The third-order valence-electron chi connectivity index (χ3n) is 3.34. The predicted molar refractivity (Wildman–Crippen MR) is 92.9 cm³/mol. The fraction of sp³-hybridized carbons (Fsp3) is 0.294. The van der Waals surface area contributed by atoms with Crippen molar-refractivity contribution in [1.29, 1.82) is 0 Å². The van der Waals surface area contributed by atoms with Gasteiger partial charge in [0.05, 0.1) is 0 Å². The van der Waals surface area contributed by atoms with Crippen molar-refractivity contribution in [2.24, 2.45) is 0 Å². The Morgan fingerprint density at radius 1 is 1.23 bits per heavy atom. The number of hydrogen-bond donors (Lipinski definition) is 1. The summed E-state index contributed by atoms with van der Waals surface area (Å²) in [4.78, 5) is 18.2. The molecule has 1 aromatic heterocycles. The molecule has 0 fully saturated rings. The summed E-state index contributed by atoms with van der Waals surface area (Å²) in [6.45, 7) is 0.509. The lowest BCUT2D eigenvalue weighted by molar-refractivity contribution is -0.121. The van der Waals surface area contributed by atoms with Crippen molar-refractivity contribution in [3.05, 3.63) is 58.2 Å². The monoisotopic (exact) mass is 361 g/mol. The molecule has 0 aliphatic carbocycles. The molecule has 0 saturated carbocycles. The van der Waals surface area contributed by atoms with Gasteiger partial charge in [0, 0.05) is 37.7 Å². The maximum absolute atomic E-state index is 11.9. The number of nitrogens with zero attached hydrogens (tertiary/aromatic N) is 2. The van der Waals surface area contributed by atoms with Crippen molar-refractivity contribution >= 4 is 27.7 Å². The van der Waals surface area contributed by atoms with E-state index in [0.717, 1.165) is 27.8 Å². The van der Waals surface area contributed by atoms with Gasteiger partial charge in [-0.25, -0.2) is 4.98 Å². The molecule has 0 saturated heterocycles. The molecule has 2 aromatic rings. The first-order valence-corrected chi connectivity index (χ1v) is 7.98. The van der Waals surface area contributed by atoms with E-state index >= 15 is 0 Å². The molecule has 1 aromatic carbocycles. The zero-order valence-corrected chi connectivity index (χ0v) is 14.4. The Balaban J connectivity index is 1.79. The minimum absolute atomic E-state index is 0.0486. The number of aryl methyl sites for hydroxylation is 1. The molecule has 0 bridgehead atoms. The number of rotatable bonds is 6. The Bertz CT molecular complexity index is 626. The smallest absolute Gasteiger partial charge is 0.220 e. The molecule has 0 spiro atoms. The largest absolute Gasteiger partial charge is 0.363 e. The highest BCUT2D eigenvalue weighted by Gasteiger charge is 2.05. The molecule has 0 aliphatic rings. The van der Waals surface area contributed by atoms with Crippen molar-refractivity contribution in [2.45, 2.75) is 19.4 Å². The minimum atomic E-state index is 0.0486. The van der Waals surface area contributed by atoms with Crippen molar-refractivity contribution in [2.75, 3.05) is 19.0 Å². The van der Waals surface area contributed by atoms with E-state index in [4.69, 9.17) is 0 Å². The quantitative estimate of drug-likeness (QED) is 0.859. The predicted octanol–water partition coefficient (Wildman–Crippen LogP) is 3.16. The molecule has 0 unspecified atom stereocenters. The lowest BCUT2D eigenvalue weighted by atomic mass is 10.1. The Labute approximate surface area is 139 Å². The van der Waals surface area contributed by atoms with Crippen molar-refractivity contribution in [3.8, 4) is 0 Å². The molecule has 1 heterocycles. The summed E-state index contributed by atoms with van der Waals surface area (Å²) in [5, 5.41) is 2.93. The zero-order chi connectivity index (χ0) is 15.9.